The molecule has 1 atom stereocenters. The van der Waals surface area contributed by atoms with Gasteiger partial charge in [0.15, 0.2) is 0 Å². The molecule has 1 saturated carbocycles. The fraction of sp³-hybridized carbons (Fsp3) is 0.857. The number of rotatable bonds is 2. The van der Waals surface area contributed by atoms with E-state index in [-0.39, 0.29) is 18.0 Å². The lowest BCUT2D eigenvalue weighted by Crippen LogP contribution is -2.58. The van der Waals surface area contributed by atoms with E-state index in [2.05, 4.69) is 0 Å². The normalized spacial score (nSPS) is 24.6. The zero-order valence-corrected chi connectivity index (χ0v) is 12.3. The van der Waals surface area contributed by atoms with Gasteiger partial charge in [0.2, 0.25) is 5.91 Å². The molecule has 0 radical (unpaired) electrons. The summed E-state index contributed by atoms with van der Waals surface area (Å²) in [6.07, 6.45) is 2.77. The van der Waals surface area contributed by atoms with E-state index < -0.39 is 5.60 Å². The Hall–Kier alpha value is -1.26. The molecule has 5 nitrogen and oxygen atoms in total. The van der Waals surface area contributed by atoms with Crippen molar-refractivity contribution >= 4 is 12.0 Å². The number of amides is 2. The van der Waals surface area contributed by atoms with Crippen LogP contribution < -0.4 is 0 Å². The Bertz CT molecular complexity index is 371. The van der Waals surface area contributed by atoms with Crippen molar-refractivity contribution in [2.75, 3.05) is 20.1 Å². The first-order chi connectivity index (χ1) is 8.78. The molecular formula is C14H24N2O3. The molecular weight excluding hydrogens is 244 g/mol. The van der Waals surface area contributed by atoms with Crippen molar-refractivity contribution in [2.24, 2.45) is 5.92 Å². The number of hydrogen-bond donors (Lipinski definition) is 0. The molecule has 108 valence electrons. The Morgan fingerprint density at radius 1 is 1.32 bits per heavy atom. The molecule has 1 aliphatic carbocycles. The van der Waals surface area contributed by atoms with Crippen LogP contribution in [-0.2, 0) is 9.53 Å². The number of ether oxygens (including phenoxy) is 1. The maximum atomic E-state index is 12.2. The predicted molar refractivity (Wildman–Crippen MR) is 71.7 cm³/mol. The van der Waals surface area contributed by atoms with Crippen LogP contribution in [0.3, 0.4) is 0 Å². The standard InChI is InChI=1S/C14H24N2O3/c1-14(2,3)19-13(18)16-8-7-15(4)12(17)11(16)9-10-5-6-10/h10-11H,5-9H2,1-4H3. The summed E-state index contributed by atoms with van der Waals surface area (Å²) < 4.78 is 5.41. The van der Waals surface area contributed by atoms with Gasteiger partial charge in [0.1, 0.15) is 11.6 Å². The summed E-state index contributed by atoms with van der Waals surface area (Å²) in [5.74, 6) is 0.648. The van der Waals surface area contributed by atoms with Crippen molar-refractivity contribution in [2.45, 2.75) is 51.7 Å². The molecule has 1 unspecified atom stereocenters. The first-order valence-corrected chi connectivity index (χ1v) is 7.02. The summed E-state index contributed by atoms with van der Waals surface area (Å²) in [5, 5.41) is 0. The molecule has 5 heteroatoms. The maximum absolute atomic E-state index is 12.2. The van der Waals surface area contributed by atoms with Crippen LogP contribution in [0.5, 0.6) is 0 Å². The highest BCUT2D eigenvalue weighted by Crippen LogP contribution is 2.36. The second-order valence-corrected chi connectivity index (χ2v) is 6.63. The fourth-order valence-electron chi connectivity index (χ4n) is 2.35. The molecule has 2 amide bonds. The molecule has 19 heavy (non-hydrogen) atoms. The molecule has 0 N–H and O–H groups in total. The van der Waals surface area contributed by atoms with Gasteiger partial charge in [-0.25, -0.2) is 4.79 Å². The second kappa shape index (κ2) is 5.02. The van der Waals surface area contributed by atoms with Gasteiger partial charge in [0, 0.05) is 20.1 Å². The number of hydrogen-bond acceptors (Lipinski definition) is 3. The third-order valence-corrected chi connectivity index (χ3v) is 3.60. The summed E-state index contributed by atoms with van der Waals surface area (Å²) in [4.78, 5) is 27.8. The largest absolute Gasteiger partial charge is 0.444 e. The predicted octanol–water partition coefficient (Wildman–Crippen LogP) is 1.86. The zero-order valence-electron chi connectivity index (χ0n) is 12.3. The molecule has 2 fully saturated rings. The second-order valence-electron chi connectivity index (χ2n) is 6.63. The van der Waals surface area contributed by atoms with Gasteiger partial charge in [0.25, 0.3) is 0 Å². The molecule has 2 rings (SSSR count). The van der Waals surface area contributed by atoms with Gasteiger partial charge in [-0.05, 0) is 33.1 Å². The van der Waals surface area contributed by atoms with Crippen LogP contribution in [-0.4, -0.2) is 53.6 Å². The molecule has 1 aliphatic heterocycles. The molecule has 1 saturated heterocycles. The maximum Gasteiger partial charge on any atom is 0.411 e. The minimum atomic E-state index is -0.520. The van der Waals surface area contributed by atoms with Gasteiger partial charge in [0.05, 0.1) is 0 Å². The van der Waals surface area contributed by atoms with E-state index >= 15 is 0 Å². The summed E-state index contributed by atoms with van der Waals surface area (Å²) in [6, 6.07) is -0.332. The van der Waals surface area contributed by atoms with Crippen molar-refractivity contribution in [1.29, 1.82) is 0 Å². The highest BCUT2D eigenvalue weighted by Gasteiger charge is 2.41. The number of piperazine rings is 1. The highest BCUT2D eigenvalue weighted by atomic mass is 16.6. The Morgan fingerprint density at radius 2 is 1.95 bits per heavy atom. The van der Waals surface area contributed by atoms with Crippen LogP contribution in [0, 0.1) is 5.92 Å². The van der Waals surface area contributed by atoms with Crippen molar-refractivity contribution in [3.8, 4) is 0 Å². The monoisotopic (exact) mass is 268 g/mol. The third-order valence-electron chi connectivity index (χ3n) is 3.60. The van der Waals surface area contributed by atoms with Crippen LogP contribution in [0.4, 0.5) is 4.79 Å². The molecule has 0 aromatic rings. The van der Waals surface area contributed by atoms with Crippen molar-refractivity contribution < 1.29 is 14.3 Å². The van der Waals surface area contributed by atoms with Gasteiger partial charge < -0.3 is 9.64 Å². The van der Waals surface area contributed by atoms with E-state index in [0.717, 1.165) is 6.42 Å². The lowest BCUT2D eigenvalue weighted by molar-refractivity contribution is -0.140. The van der Waals surface area contributed by atoms with Crippen LogP contribution in [0.15, 0.2) is 0 Å². The summed E-state index contributed by atoms with van der Waals surface area (Å²) in [6.45, 7) is 6.68. The highest BCUT2D eigenvalue weighted by molar-refractivity contribution is 5.86. The fourth-order valence-corrected chi connectivity index (χ4v) is 2.35. The third kappa shape index (κ3) is 3.61. The van der Waals surface area contributed by atoms with E-state index in [9.17, 15) is 9.59 Å². The van der Waals surface area contributed by atoms with E-state index in [4.69, 9.17) is 4.74 Å². The minimum absolute atomic E-state index is 0.0454. The van der Waals surface area contributed by atoms with E-state index in [1.54, 1.807) is 16.8 Å². The van der Waals surface area contributed by atoms with Crippen LogP contribution in [0.2, 0.25) is 0 Å². The van der Waals surface area contributed by atoms with E-state index in [1.165, 1.54) is 12.8 Å². The van der Waals surface area contributed by atoms with Crippen molar-refractivity contribution in [3.63, 3.8) is 0 Å². The average Bonchev–Trinajstić information content (AvgIpc) is 3.06. The smallest absolute Gasteiger partial charge is 0.411 e. The molecule has 0 bridgehead atoms. The Labute approximate surface area is 114 Å². The minimum Gasteiger partial charge on any atom is -0.444 e. The number of carbonyl (C=O) groups is 2. The number of likely N-dealkylation sites (N-methyl/N-ethyl adjacent to an activating group) is 1. The number of carbonyl (C=O) groups excluding carboxylic acids is 2. The lowest BCUT2D eigenvalue weighted by Gasteiger charge is -2.39. The van der Waals surface area contributed by atoms with Gasteiger partial charge in [-0.3, -0.25) is 9.69 Å². The molecule has 2 aliphatic rings. The van der Waals surface area contributed by atoms with Gasteiger partial charge in [-0.2, -0.15) is 0 Å². The van der Waals surface area contributed by atoms with Gasteiger partial charge in [-0.1, -0.05) is 12.8 Å². The molecule has 0 aromatic heterocycles. The van der Waals surface area contributed by atoms with Gasteiger partial charge in [-0.15, -0.1) is 0 Å². The summed E-state index contributed by atoms with van der Waals surface area (Å²) in [7, 11) is 1.80. The van der Waals surface area contributed by atoms with Crippen molar-refractivity contribution in [3.05, 3.63) is 0 Å². The average molecular weight is 268 g/mol. The number of nitrogens with zero attached hydrogens (tertiary/aromatic N) is 2. The lowest BCUT2D eigenvalue weighted by atomic mass is 10.1. The summed E-state index contributed by atoms with van der Waals surface area (Å²) in [5.41, 5.74) is -0.520. The molecule has 0 spiro atoms. The molecule has 0 aromatic carbocycles. The Balaban J connectivity index is 2.06. The SMILES string of the molecule is CN1CCN(C(=O)OC(C)(C)C)C(CC2CC2)C1=O. The molecule has 1 heterocycles. The summed E-state index contributed by atoms with van der Waals surface area (Å²) >= 11 is 0. The van der Waals surface area contributed by atoms with E-state index in [1.807, 2.05) is 20.8 Å². The van der Waals surface area contributed by atoms with Crippen LogP contribution in [0.25, 0.3) is 0 Å². The first kappa shape index (κ1) is 14.2. The quantitative estimate of drug-likeness (QED) is 0.768. The first-order valence-electron chi connectivity index (χ1n) is 7.02. The Morgan fingerprint density at radius 3 is 2.47 bits per heavy atom. The van der Waals surface area contributed by atoms with E-state index in [0.29, 0.717) is 19.0 Å². The van der Waals surface area contributed by atoms with Crippen LogP contribution >= 0.6 is 0 Å². The van der Waals surface area contributed by atoms with Gasteiger partial charge >= 0.3 is 6.09 Å². The van der Waals surface area contributed by atoms with Crippen LogP contribution in [0.1, 0.15) is 40.0 Å². The topological polar surface area (TPSA) is 49.9 Å². The Kier molecular flexibility index (Phi) is 3.74. The van der Waals surface area contributed by atoms with Crippen molar-refractivity contribution in [1.82, 2.24) is 9.80 Å². The zero-order chi connectivity index (χ0) is 14.2.